The first kappa shape index (κ1) is 7.95. The standard InChI is InChI=1S/C9H10NOS/c10-5-7-6-11-8-3-1-2-4-9(8)12-7/h1-4,7,10H,5-6H2. The van der Waals surface area contributed by atoms with Crippen molar-refractivity contribution in [2.75, 3.05) is 13.2 Å². The molecule has 3 heteroatoms. The van der Waals surface area contributed by atoms with Crippen molar-refractivity contribution in [3.63, 3.8) is 0 Å². The van der Waals surface area contributed by atoms with Crippen LogP contribution in [0, 0.1) is 0 Å². The summed E-state index contributed by atoms with van der Waals surface area (Å²) in [6.45, 7) is 1.10. The highest BCUT2D eigenvalue weighted by atomic mass is 32.2. The third-order valence-electron chi connectivity index (χ3n) is 1.80. The number of hydrogen-bond donors (Lipinski definition) is 0. The van der Waals surface area contributed by atoms with E-state index < -0.39 is 0 Å². The van der Waals surface area contributed by atoms with E-state index in [0.717, 1.165) is 5.75 Å². The zero-order valence-electron chi connectivity index (χ0n) is 6.62. The number of benzene rings is 1. The van der Waals surface area contributed by atoms with Crippen LogP contribution in [0.15, 0.2) is 29.2 Å². The van der Waals surface area contributed by atoms with E-state index in [9.17, 15) is 0 Å². The second-order valence-corrected chi connectivity index (χ2v) is 4.04. The molecule has 0 amide bonds. The van der Waals surface area contributed by atoms with Crippen LogP contribution < -0.4 is 10.5 Å². The van der Waals surface area contributed by atoms with Crippen molar-refractivity contribution in [2.24, 2.45) is 0 Å². The Hall–Kier alpha value is -0.670. The largest absolute Gasteiger partial charge is 0.491 e. The lowest BCUT2D eigenvalue weighted by atomic mass is 10.3. The van der Waals surface area contributed by atoms with Gasteiger partial charge in [-0.2, -0.15) is 0 Å². The van der Waals surface area contributed by atoms with Gasteiger partial charge in [0.05, 0.1) is 5.25 Å². The van der Waals surface area contributed by atoms with Gasteiger partial charge in [0, 0.05) is 11.4 Å². The van der Waals surface area contributed by atoms with E-state index in [1.54, 1.807) is 11.8 Å². The first-order valence-corrected chi connectivity index (χ1v) is 4.81. The van der Waals surface area contributed by atoms with Gasteiger partial charge in [0.1, 0.15) is 12.4 Å². The van der Waals surface area contributed by atoms with Gasteiger partial charge in [-0.25, -0.2) is 0 Å². The molecule has 1 aliphatic heterocycles. The number of nitrogens with one attached hydrogen (secondary N) is 1. The van der Waals surface area contributed by atoms with Gasteiger partial charge in [0.15, 0.2) is 0 Å². The minimum atomic E-state index is 0.305. The summed E-state index contributed by atoms with van der Waals surface area (Å²) in [6.07, 6.45) is 0. The van der Waals surface area contributed by atoms with Crippen LogP contribution >= 0.6 is 11.8 Å². The van der Waals surface area contributed by atoms with Gasteiger partial charge >= 0.3 is 0 Å². The SMILES string of the molecule is [NH]CC1COc2ccccc2S1. The van der Waals surface area contributed by atoms with Gasteiger partial charge in [0.2, 0.25) is 0 Å². The first-order valence-electron chi connectivity index (χ1n) is 3.93. The molecular weight excluding hydrogens is 170 g/mol. The van der Waals surface area contributed by atoms with Crippen molar-refractivity contribution < 1.29 is 4.74 Å². The molecule has 1 radical (unpaired) electrons. The van der Waals surface area contributed by atoms with Crippen LogP contribution in [-0.4, -0.2) is 18.4 Å². The summed E-state index contributed by atoms with van der Waals surface area (Å²) in [5.41, 5.74) is 7.24. The molecule has 12 heavy (non-hydrogen) atoms. The lowest BCUT2D eigenvalue weighted by Gasteiger charge is -2.22. The predicted molar refractivity (Wildman–Crippen MR) is 49.5 cm³/mol. The number of ether oxygens (including phenoxy) is 1. The molecule has 1 atom stereocenters. The molecule has 2 nitrogen and oxygen atoms in total. The molecule has 2 rings (SSSR count). The second kappa shape index (κ2) is 3.37. The van der Waals surface area contributed by atoms with Crippen LogP contribution in [0.3, 0.4) is 0 Å². The topological polar surface area (TPSA) is 33.0 Å². The Bertz CT molecular complexity index is 277. The van der Waals surface area contributed by atoms with E-state index in [0.29, 0.717) is 18.4 Å². The van der Waals surface area contributed by atoms with Gasteiger partial charge in [-0.05, 0) is 12.1 Å². The van der Waals surface area contributed by atoms with Crippen LogP contribution in [0.4, 0.5) is 0 Å². The maximum atomic E-state index is 7.24. The summed E-state index contributed by atoms with van der Waals surface area (Å²) in [6, 6.07) is 7.99. The zero-order chi connectivity index (χ0) is 8.39. The Kier molecular flexibility index (Phi) is 2.23. The van der Waals surface area contributed by atoms with Gasteiger partial charge in [0.25, 0.3) is 0 Å². The quantitative estimate of drug-likeness (QED) is 0.660. The lowest BCUT2D eigenvalue weighted by molar-refractivity contribution is 0.303. The van der Waals surface area contributed by atoms with Crippen LogP contribution in [-0.2, 0) is 0 Å². The van der Waals surface area contributed by atoms with Crippen LogP contribution in [0.2, 0.25) is 0 Å². The lowest BCUT2D eigenvalue weighted by Crippen LogP contribution is -2.22. The maximum Gasteiger partial charge on any atom is 0.132 e. The summed E-state index contributed by atoms with van der Waals surface area (Å²) >= 11 is 1.74. The molecule has 63 valence electrons. The molecule has 1 aromatic rings. The number of fused-ring (bicyclic) bond motifs is 1. The second-order valence-electron chi connectivity index (χ2n) is 2.70. The Balaban J connectivity index is 2.23. The van der Waals surface area contributed by atoms with Crippen LogP contribution in [0.5, 0.6) is 5.75 Å². The van der Waals surface area contributed by atoms with Crippen molar-refractivity contribution >= 4 is 11.8 Å². The zero-order valence-corrected chi connectivity index (χ0v) is 7.43. The molecule has 0 bridgehead atoms. The molecule has 1 unspecified atom stereocenters. The van der Waals surface area contributed by atoms with Gasteiger partial charge < -0.3 is 4.74 Å². The average Bonchev–Trinajstić information content (AvgIpc) is 2.17. The predicted octanol–water partition coefficient (Wildman–Crippen LogP) is 1.82. The summed E-state index contributed by atoms with van der Waals surface area (Å²) in [5.74, 6) is 0.965. The van der Waals surface area contributed by atoms with Crippen molar-refractivity contribution in [2.45, 2.75) is 10.1 Å². The molecule has 1 aromatic carbocycles. The minimum absolute atomic E-state index is 0.305. The Labute approximate surface area is 76.1 Å². The highest BCUT2D eigenvalue weighted by molar-refractivity contribution is 8.00. The Morgan fingerprint density at radius 1 is 1.50 bits per heavy atom. The fourth-order valence-corrected chi connectivity index (χ4v) is 2.14. The maximum absolute atomic E-state index is 7.24. The Morgan fingerprint density at radius 2 is 2.33 bits per heavy atom. The van der Waals surface area contributed by atoms with E-state index in [1.807, 2.05) is 24.3 Å². The third-order valence-corrected chi connectivity index (χ3v) is 3.02. The minimum Gasteiger partial charge on any atom is -0.491 e. The molecule has 0 aliphatic carbocycles. The normalized spacial score (nSPS) is 21.2. The summed E-state index contributed by atoms with van der Waals surface area (Å²) in [7, 11) is 0. The molecule has 0 fully saturated rings. The van der Waals surface area contributed by atoms with Crippen LogP contribution in [0.1, 0.15) is 0 Å². The van der Waals surface area contributed by atoms with Gasteiger partial charge in [-0.3, -0.25) is 5.73 Å². The van der Waals surface area contributed by atoms with E-state index >= 15 is 0 Å². The van der Waals surface area contributed by atoms with E-state index in [-0.39, 0.29) is 0 Å². The van der Waals surface area contributed by atoms with E-state index in [1.165, 1.54) is 4.90 Å². The number of thioether (sulfide) groups is 1. The Morgan fingerprint density at radius 3 is 3.17 bits per heavy atom. The molecule has 1 heterocycles. The van der Waals surface area contributed by atoms with E-state index in [4.69, 9.17) is 10.5 Å². The van der Waals surface area contributed by atoms with Gasteiger partial charge in [-0.1, -0.05) is 12.1 Å². The van der Waals surface area contributed by atoms with E-state index in [2.05, 4.69) is 0 Å². The van der Waals surface area contributed by atoms with Crippen molar-refractivity contribution in [1.82, 2.24) is 5.73 Å². The summed E-state index contributed by atoms with van der Waals surface area (Å²) in [4.78, 5) is 1.17. The van der Waals surface area contributed by atoms with Crippen molar-refractivity contribution in [3.8, 4) is 5.75 Å². The fourth-order valence-electron chi connectivity index (χ4n) is 1.16. The molecule has 0 spiro atoms. The number of rotatable bonds is 1. The molecule has 0 saturated heterocycles. The van der Waals surface area contributed by atoms with Gasteiger partial charge in [-0.15, -0.1) is 11.8 Å². The first-order chi connectivity index (χ1) is 5.90. The number of hydrogen-bond acceptors (Lipinski definition) is 2. The molecule has 0 saturated carbocycles. The van der Waals surface area contributed by atoms with Crippen LogP contribution in [0.25, 0.3) is 0 Å². The molecule has 0 aromatic heterocycles. The monoisotopic (exact) mass is 180 g/mol. The third kappa shape index (κ3) is 1.42. The fraction of sp³-hybridized carbons (Fsp3) is 0.333. The highest BCUT2D eigenvalue weighted by Gasteiger charge is 2.18. The average molecular weight is 180 g/mol. The summed E-state index contributed by atoms with van der Waals surface area (Å²) in [5, 5.41) is 0.305. The smallest absolute Gasteiger partial charge is 0.132 e. The number of para-hydroxylation sites is 1. The van der Waals surface area contributed by atoms with Crippen molar-refractivity contribution in [3.05, 3.63) is 24.3 Å². The highest BCUT2D eigenvalue weighted by Crippen LogP contribution is 2.35. The molecular formula is C9H10NOS. The van der Waals surface area contributed by atoms with Crippen molar-refractivity contribution in [1.29, 1.82) is 0 Å². The summed E-state index contributed by atoms with van der Waals surface area (Å²) < 4.78 is 5.49. The molecule has 1 aliphatic rings. The molecule has 1 N–H and O–H groups in total.